The van der Waals surface area contributed by atoms with Gasteiger partial charge in [-0.05, 0) is 97.5 Å². The number of pyridine rings is 4. The Balaban J connectivity index is 0.000000183. The van der Waals surface area contributed by atoms with Crippen molar-refractivity contribution in [2.75, 3.05) is 23.8 Å². The summed E-state index contributed by atoms with van der Waals surface area (Å²) >= 11 is 0. The number of ether oxygens (including phenoxy) is 2. The van der Waals surface area contributed by atoms with Crippen LogP contribution in [-0.2, 0) is 13.1 Å². The molecule has 8 heterocycles. The highest BCUT2D eigenvalue weighted by atomic mass is 35.5. The molecule has 10 rings (SSSR count). The van der Waals surface area contributed by atoms with Gasteiger partial charge in [0.15, 0.2) is 11.6 Å². The van der Waals surface area contributed by atoms with Crippen LogP contribution in [0.25, 0.3) is 45.3 Å². The van der Waals surface area contributed by atoms with E-state index in [-0.39, 0.29) is 23.8 Å². The van der Waals surface area contributed by atoms with Crippen LogP contribution in [0, 0.1) is 0 Å². The van der Waals surface area contributed by atoms with Gasteiger partial charge in [0.25, 0.3) is 24.7 Å². The minimum atomic E-state index is -2.64. The van der Waals surface area contributed by atoms with Gasteiger partial charge in [-0.15, -0.1) is 32.8 Å². The van der Waals surface area contributed by atoms with E-state index in [4.69, 9.17) is 9.47 Å². The molecular weight excluding hydrogens is 920 g/mol. The zero-order valence-electron chi connectivity index (χ0n) is 36.4. The number of rotatable bonds is 4. The topological polar surface area (TPSA) is 190 Å². The summed E-state index contributed by atoms with van der Waals surface area (Å²) in [5.41, 5.74) is 3.74. The van der Waals surface area contributed by atoms with Crippen molar-refractivity contribution in [3.8, 4) is 56.8 Å². The number of aryl methyl sites for hydroxylation is 2. The van der Waals surface area contributed by atoms with Crippen molar-refractivity contribution in [3.05, 3.63) is 145 Å². The van der Waals surface area contributed by atoms with Crippen LogP contribution in [0.5, 0.6) is 11.5 Å². The zero-order valence-corrected chi connectivity index (χ0v) is 37.2. The van der Waals surface area contributed by atoms with Crippen LogP contribution in [0.1, 0.15) is 70.6 Å². The number of hydrogen-bond donors (Lipinski definition) is 2. The van der Waals surface area contributed by atoms with Gasteiger partial charge in [-0.2, -0.15) is 0 Å². The minimum Gasteiger partial charge on any atom is -0.493 e. The molecule has 0 saturated heterocycles. The van der Waals surface area contributed by atoms with Gasteiger partial charge in [-0.25, -0.2) is 27.5 Å². The van der Waals surface area contributed by atoms with Crippen molar-refractivity contribution in [3.63, 3.8) is 0 Å². The summed E-state index contributed by atoms with van der Waals surface area (Å²) in [6, 6.07) is 26.5. The van der Waals surface area contributed by atoms with E-state index in [2.05, 4.69) is 51.0 Å². The highest BCUT2D eigenvalue weighted by molar-refractivity contribution is 6.07. The maximum Gasteiger partial charge on any atom is 0.280 e. The lowest BCUT2D eigenvalue weighted by molar-refractivity contribution is 0.101. The fraction of sp³-hybridized carbons (Fsp3) is 0.208. The highest BCUT2D eigenvalue weighted by Crippen LogP contribution is 2.31. The molecule has 0 aliphatic carbocycles. The predicted octanol–water partition coefficient (Wildman–Crippen LogP) is 9.95. The van der Waals surface area contributed by atoms with Crippen LogP contribution in [0.3, 0.4) is 0 Å². The maximum atomic E-state index is 13.2. The van der Waals surface area contributed by atoms with Gasteiger partial charge in [0, 0.05) is 36.6 Å². The highest BCUT2D eigenvalue weighted by Gasteiger charge is 2.20. The summed E-state index contributed by atoms with van der Waals surface area (Å²) in [6.07, 6.45) is 3.94. The van der Waals surface area contributed by atoms with Crippen LogP contribution in [0.15, 0.2) is 122 Å². The number of alkyl halides is 4. The molecule has 0 atom stereocenters. The Kier molecular flexibility index (Phi) is 14.9. The first-order chi connectivity index (χ1) is 33.2. The van der Waals surface area contributed by atoms with Gasteiger partial charge in [-0.1, -0.05) is 36.4 Å². The van der Waals surface area contributed by atoms with E-state index in [1.807, 2.05) is 21.3 Å². The van der Waals surface area contributed by atoms with Crippen molar-refractivity contribution < 1.29 is 36.6 Å². The van der Waals surface area contributed by atoms with Gasteiger partial charge in [0.1, 0.15) is 58.6 Å². The van der Waals surface area contributed by atoms with Crippen molar-refractivity contribution >= 4 is 35.9 Å². The Morgan fingerprint density at radius 3 is 1.38 bits per heavy atom. The van der Waals surface area contributed by atoms with E-state index in [9.17, 15) is 27.2 Å². The fourth-order valence-electron chi connectivity index (χ4n) is 7.43. The summed E-state index contributed by atoms with van der Waals surface area (Å²) in [5.74, 6) is 2.00. The smallest absolute Gasteiger partial charge is 0.280 e. The Bertz CT molecular complexity index is 2860. The average Bonchev–Trinajstić information content (AvgIpc) is 4.04. The van der Waals surface area contributed by atoms with Crippen LogP contribution >= 0.6 is 12.4 Å². The second-order valence-corrected chi connectivity index (χ2v) is 15.5. The lowest BCUT2D eigenvalue weighted by Crippen LogP contribution is -2.16. The van der Waals surface area contributed by atoms with E-state index in [0.29, 0.717) is 106 Å². The van der Waals surface area contributed by atoms with Gasteiger partial charge in [0.05, 0.1) is 24.3 Å². The number of amides is 2. The zero-order chi connectivity index (χ0) is 47.0. The van der Waals surface area contributed by atoms with Gasteiger partial charge in [-0.3, -0.25) is 19.6 Å². The Hall–Kier alpha value is -8.13. The van der Waals surface area contributed by atoms with Crippen LogP contribution in [0.4, 0.5) is 29.2 Å². The van der Waals surface area contributed by atoms with Crippen LogP contribution < -0.4 is 20.1 Å². The van der Waals surface area contributed by atoms with Crippen LogP contribution in [-0.4, -0.2) is 74.5 Å². The summed E-state index contributed by atoms with van der Waals surface area (Å²) < 4.78 is 67.1. The van der Waals surface area contributed by atoms with Gasteiger partial charge < -0.3 is 29.2 Å². The molecule has 16 nitrogen and oxygen atoms in total. The lowest BCUT2D eigenvalue weighted by Gasteiger charge is -2.15. The molecule has 0 saturated carbocycles. The molecule has 6 aromatic heterocycles. The number of carbonyl (C=O) groups is 2. The van der Waals surface area contributed by atoms with Crippen molar-refractivity contribution in [1.82, 2.24) is 49.5 Å². The number of fused-ring (bicyclic) bond motifs is 10. The Morgan fingerprint density at radius 2 is 0.971 bits per heavy atom. The molecule has 0 fully saturated rings. The molecular formula is C48H41ClF4N12O4. The Labute approximate surface area is 397 Å². The number of carbonyl (C=O) groups excluding carboxylic acids is 2. The molecule has 2 aliphatic heterocycles. The largest absolute Gasteiger partial charge is 0.493 e. The van der Waals surface area contributed by atoms with E-state index in [0.717, 1.165) is 25.7 Å². The van der Waals surface area contributed by atoms with E-state index in [1.165, 1.54) is 24.5 Å². The molecule has 2 aliphatic rings. The van der Waals surface area contributed by atoms with E-state index < -0.39 is 24.7 Å². The summed E-state index contributed by atoms with van der Waals surface area (Å²) in [6.45, 7) is 2.26. The number of nitrogens with one attached hydrogen (secondary N) is 2. The number of anilines is 2. The number of hydrogen-bond acceptors (Lipinski definition) is 12. The molecule has 21 heteroatoms. The standard InChI is InChI=1S/2C24H20F2N6O2.ClH/c2*25-22(26)18-8-6-16(13-27-18)15-7-9-20-17(12-15)24(33)30-21-5-3-4-19(29-21)23-31-28-14-32(23)10-1-2-11-34-20;/h2*3-9,12-14,22H,1-2,10-11H2,(H,29,30,33);1H. The molecule has 8 aromatic rings. The summed E-state index contributed by atoms with van der Waals surface area (Å²) in [4.78, 5) is 43.1. The third-order valence-electron chi connectivity index (χ3n) is 10.9. The van der Waals surface area contributed by atoms with Crippen molar-refractivity contribution in [2.45, 2.75) is 51.6 Å². The molecule has 0 unspecified atom stereocenters. The van der Waals surface area contributed by atoms with Crippen molar-refractivity contribution in [2.24, 2.45) is 0 Å². The number of halogens is 5. The number of benzene rings is 2. The minimum absolute atomic E-state index is 0. The second-order valence-electron chi connectivity index (χ2n) is 15.5. The van der Waals surface area contributed by atoms with Gasteiger partial charge >= 0.3 is 0 Å². The molecule has 2 amide bonds. The Morgan fingerprint density at radius 1 is 0.536 bits per heavy atom. The monoisotopic (exact) mass is 960 g/mol. The fourth-order valence-corrected chi connectivity index (χ4v) is 7.43. The molecule has 352 valence electrons. The molecule has 4 bridgehead atoms. The third-order valence-corrected chi connectivity index (χ3v) is 10.9. The quantitative estimate of drug-likeness (QED) is 0.159. The average molecular weight is 961 g/mol. The molecule has 0 spiro atoms. The number of nitrogens with zero attached hydrogens (tertiary/aromatic N) is 10. The molecule has 69 heavy (non-hydrogen) atoms. The normalized spacial score (nSPS) is 13.7. The SMILES string of the molecule is Cl.O=C1Nc2cccc(n2)-c2nncn2CCCCOc2ccc(-c3ccc(C(F)F)nc3)cc21.O=C1Nc2cccc(n2)-c2nncn2CCCCOc2ccc(-c3ccc(C(F)F)nc3)cc21. The van der Waals surface area contributed by atoms with Crippen molar-refractivity contribution in [1.29, 1.82) is 0 Å². The van der Waals surface area contributed by atoms with Gasteiger partial charge in [0.2, 0.25) is 0 Å². The third kappa shape index (κ3) is 11.2. The molecule has 2 N–H and O–H groups in total. The molecule has 2 aromatic carbocycles. The lowest BCUT2D eigenvalue weighted by atomic mass is 10.0. The summed E-state index contributed by atoms with van der Waals surface area (Å²) in [7, 11) is 0. The van der Waals surface area contributed by atoms with E-state index >= 15 is 0 Å². The second kappa shape index (κ2) is 21.7. The maximum absolute atomic E-state index is 13.2. The number of aromatic nitrogens is 10. The first kappa shape index (κ1) is 47.4. The predicted molar refractivity (Wildman–Crippen MR) is 248 cm³/mol. The first-order valence-electron chi connectivity index (χ1n) is 21.5. The van der Waals surface area contributed by atoms with Crippen LogP contribution in [0.2, 0.25) is 0 Å². The summed E-state index contributed by atoms with van der Waals surface area (Å²) in [5, 5.41) is 22.0. The van der Waals surface area contributed by atoms with E-state index in [1.54, 1.807) is 85.5 Å². The first-order valence-corrected chi connectivity index (χ1v) is 21.5. The molecule has 0 radical (unpaired) electrons.